The van der Waals surface area contributed by atoms with E-state index >= 15 is 0 Å². The lowest BCUT2D eigenvalue weighted by molar-refractivity contribution is -0.125. The van der Waals surface area contributed by atoms with Gasteiger partial charge < -0.3 is 9.84 Å². The van der Waals surface area contributed by atoms with Gasteiger partial charge in [0.15, 0.2) is 0 Å². The van der Waals surface area contributed by atoms with Gasteiger partial charge in [0.05, 0.1) is 6.04 Å². The van der Waals surface area contributed by atoms with E-state index in [2.05, 4.69) is 0 Å². The Kier molecular flexibility index (Phi) is 5.32. The van der Waals surface area contributed by atoms with E-state index in [1.807, 2.05) is 18.2 Å². The zero-order valence-corrected chi connectivity index (χ0v) is 11.5. The minimum absolute atomic E-state index is 0.139. The predicted molar refractivity (Wildman–Crippen MR) is 70.7 cm³/mol. The molecule has 1 atom stereocenters. The number of carbonyl (C=O) groups is 1. The van der Waals surface area contributed by atoms with Crippen molar-refractivity contribution >= 4 is 6.09 Å². The van der Waals surface area contributed by atoms with Crippen LogP contribution in [0.2, 0.25) is 0 Å². The van der Waals surface area contributed by atoms with Crippen molar-refractivity contribution in [2.24, 2.45) is 0 Å². The molecule has 19 heavy (non-hydrogen) atoms. The minimum atomic E-state index is -0.824. The molecule has 0 aliphatic heterocycles. The Labute approximate surface area is 113 Å². The summed E-state index contributed by atoms with van der Waals surface area (Å²) in [5.74, 6) is 0. The number of ether oxygens (including phenoxy) is 1. The molecule has 0 aliphatic carbocycles. The van der Waals surface area contributed by atoms with Gasteiger partial charge in [-0.05, 0) is 32.8 Å². The lowest BCUT2D eigenvalue weighted by Gasteiger charge is -2.28. The molecular formula is C14H21NO4. The van der Waals surface area contributed by atoms with Crippen molar-refractivity contribution in [1.29, 1.82) is 0 Å². The van der Waals surface area contributed by atoms with Crippen LogP contribution in [0.25, 0.3) is 0 Å². The fourth-order valence-corrected chi connectivity index (χ4v) is 1.66. The highest BCUT2D eigenvalue weighted by Gasteiger charge is 2.28. The third kappa shape index (κ3) is 4.89. The molecule has 0 bridgehead atoms. The van der Waals surface area contributed by atoms with Crippen LogP contribution in [-0.2, 0) is 4.74 Å². The molecule has 0 unspecified atom stereocenters. The van der Waals surface area contributed by atoms with Gasteiger partial charge in [-0.2, -0.15) is 5.06 Å². The molecule has 1 rings (SSSR count). The van der Waals surface area contributed by atoms with Gasteiger partial charge in [-0.15, -0.1) is 0 Å². The van der Waals surface area contributed by atoms with Crippen molar-refractivity contribution in [1.82, 2.24) is 5.06 Å². The van der Waals surface area contributed by atoms with Gasteiger partial charge in [-0.1, -0.05) is 30.3 Å². The van der Waals surface area contributed by atoms with E-state index in [1.165, 1.54) is 0 Å². The van der Waals surface area contributed by atoms with Crippen LogP contribution in [0.15, 0.2) is 30.3 Å². The van der Waals surface area contributed by atoms with Crippen LogP contribution in [-0.4, -0.2) is 33.7 Å². The highest BCUT2D eigenvalue weighted by atomic mass is 16.6. The van der Waals surface area contributed by atoms with E-state index in [0.717, 1.165) is 5.56 Å². The average Bonchev–Trinajstić information content (AvgIpc) is 2.34. The smallest absolute Gasteiger partial charge is 0.434 e. The van der Waals surface area contributed by atoms with Crippen LogP contribution in [0.1, 0.15) is 38.8 Å². The van der Waals surface area contributed by atoms with Crippen molar-refractivity contribution in [3.8, 4) is 0 Å². The second kappa shape index (κ2) is 6.54. The van der Waals surface area contributed by atoms with Crippen LogP contribution in [0.5, 0.6) is 0 Å². The number of hydrogen-bond acceptors (Lipinski definition) is 4. The number of aliphatic hydroxyl groups is 1. The number of benzene rings is 1. The van der Waals surface area contributed by atoms with Gasteiger partial charge in [0.25, 0.3) is 0 Å². The Morgan fingerprint density at radius 3 is 2.37 bits per heavy atom. The Hall–Kier alpha value is -1.59. The molecule has 106 valence electrons. The highest BCUT2D eigenvalue weighted by molar-refractivity contribution is 5.67. The second-order valence-electron chi connectivity index (χ2n) is 5.26. The van der Waals surface area contributed by atoms with Crippen LogP contribution in [0.3, 0.4) is 0 Å². The zero-order chi connectivity index (χ0) is 14.5. The number of hydroxylamine groups is 2. The molecule has 0 aromatic heterocycles. The van der Waals surface area contributed by atoms with Crippen LogP contribution in [0, 0.1) is 0 Å². The van der Waals surface area contributed by atoms with Crippen molar-refractivity contribution in [2.75, 3.05) is 6.61 Å². The van der Waals surface area contributed by atoms with Crippen molar-refractivity contribution in [3.63, 3.8) is 0 Å². The molecule has 1 amide bonds. The van der Waals surface area contributed by atoms with Gasteiger partial charge in [-0.25, -0.2) is 4.79 Å². The molecular weight excluding hydrogens is 246 g/mol. The Balaban J connectivity index is 2.85. The number of hydrogen-bond donors (Lipinski definition) is 2. The third-order valence-electron chi connectivity index (χ3n) is 2.46. The van der Waals surface area contributed by atoms with Crippen molar-refractivity contribution in [2.45, 2.75) is 38.8 Å². The van der Waals surface area contributed by atoms with E-state index in [-0.39, 0.29) is 13.0 Å². The number of nitrogens with zero attached hydrogens (tertiary/aromatic N) is 1. The monoisotopic (exact) mass is 267 g/mol. The first-order chi connectivity index (χ1) is 8.85. The fraction of sp³-hybridized carbons (Fsp3) is 0.500. The maximum absolute atomic E-state index is 11.8. The van der Waals surface area contributed by atoms with Gasteiger partial charge in [0.1, 0.15) is 5.60 Å². The Morgan fingerprint density at radius 1 is 1.32 bits per heavy atom. The Bertz CT molecular complexity index is 400. The molecule has 0 saturated heterocycles. The van der Waals surface area contributed by atoms with E-state index in [4.69, 9.17) is 9.84 Å². The molecule has 5 heteroatoms. The quantitative estimate of drug-likeness (QED) is 0.650. The van der Waals surface area contributed by atoms with Crippen molar-refractivity contribution in [3.05, 3.63) is 35.9 Å². The van der Waals surface area contributed by atoms with Gasteiger partial charge >= 0.3 is 6.09 Å². The van der Waals surface area contributed by atoms with E-state index in [0.29, 0.717) is 5.06 Å². The summed E-state index contributed by atoms with van der Waals surface area (Å²) in [6, 6.07) is 8.41. The molecule has 0 heterocycles. The SMILES string of the molecule is CC(C)(C)OC(=O)N(O)[C@@H](CCO)c1ccccc1. The molecule has 0 aliphatic rings. The maximum atomic E-state index is 11.8. The molecule has 0 fully saturated rings. The zero-order valence-electron chi connectivity index (χ0n) is 11.5. The highest BCUT2D eigenvalue weighted by Crippen LogP contribution is 2.24. The maximum Gasteiger partial charge on any atom is 0.434 e. The van der Waals surface area contributed by atoms with Crippen LogP contribution < -0.4 is 0 Å². The van der Waals surface area contributed by atoms with E-state index < -0.39 is 17.7 Å². The largest absolute Gasteiger partial charge is 0.442 e. The molecule has 5 nitrogen and oxygen atoms in total. The van der Waals surface area contributed by atoms with Crippen molar-refractivity contribution < 1.29 is 19.8 Å². The summed E-state index contributed by atoms with van der Waals surface area (Å²) in [6.07, 6.45) is -0.588. The summed E-state index contributed by atoms with van der Waals surface area (Å²) in [5.41, 5.74) is 0.0586. The number of rotatable bonds is 4. The van der Waals surface area contributed by atoms with Gasteiger partial charge in [-0.3, -0.25) is 5.21 Å². The number of amides is 1. The Morgan fingerprint density at radius 2 is 1.89 bits per heavy atom. The van der Waals surface area contributed by atoms with Gasteiger partial charge in [0.2, 0.25) is 0 Å². The minimum Gasteiger partial charge on any atom is -0.442 e. The lowest BCUT2D eigenvalue weighted by atomic mass is 10.0. The second-order valence-corrected chi connectivity index (χ2v) is 5.26. The third-order valence-corrected chi connectivity index (χ3v) is 2.46. The molecule has 0 spiro atoms. The first-order valence-electron chi connectivity index (χ1n) is 6.22. The number of aliphatic hydroxyl groups excluding tert-OH is 1. The van der Waals surface area contributed by atoms with Crippen LogP contribution in [0.4, 0.5) is 4.79 Å². The molecule has 2 N–H and O–H groups in total. The summed E-state index contributed by atoms with van der Waals surface area (Å²) < 4.78 is 5.10. The lowest BCUT2D eigenvalue weighted by Crippen LogP contribution is -2.37. The van der Waals surface area contributed by atoms with Gasteiger partial charge in [0, 0.05) is 6.61 Å². The fourth-order valence-electron chi connectivity index (χ4n) is 1.66. The molecule has 1 aromatic rings. The molecule has 0 saturated carbocycles. The standard InChI is InChI=1S/C14H21NO4/c1-14(2,3)19-13(17)15(18)12(9-10-16)11-7-5-4-6-8-11/h4-8,12,16,18H,9-10H2,1-3H3/t12-/m0/s1. The summed E-state index contributed by atoms with van der Waals surface area (Å²) >= 11 is 0. The topological polar surface area (TPSA) is 70.0 Å². The molecule has 1 aromatic carbocycles. The predicted octanol–water partition coefficient (Wildman–Crippen LogP) is 2.74. The van der Waals surface area contributed by atoms with E-state index in [1.54, 1.807) is 32.9 Å². The van der Waals surface area contributed by atoms with Crippen LogP contribution >= 0.6 is 0 Å². The van der Waals surface area contributed by atoms with E-state index in [9.17, 15) is 10.0 Å². The summed E-state index contributed by atoms with van der Waals surface area (Å²) in [6.45, 7) is 5.03. The summed E-state index contributed by atoms with van der Waals surface area (Å²) in [7, 11) is 0. The first-order valence-corrected chi connectivity index (χ1v) is 6.22. The number of carbonyl (C=O) groups excluding carboxylic acids is 1. The normalized spacial score (nSPS) is 12.9. The first kappa shape index (κ1) is 15.5. The summed E-state index contributed by atoms with van der Waals surface area (Å²) in [4.78, 5) is 11.8. The average molecular weight is 267 g/mol. The molecule has 0 radical (unpaired) electrons. The summed E-state index contributed by atoms with van der Waals surface area (Å²) in [5, 5.41) is 19.6.